The molecule has 0 spiro atoms. The van der Waals surface area contributed by atoms with Crippen molar-refractivity contribution in [2.45, 2.75) is 6.17 Å². The molecule has 3 aromatic heterocycles. The average molecular weight is 782 g/mol. The fourth-order valence-corrected chi connectivity index (χ4v) is 9.65. The maximum atomic E-state index is 6.96. The van der Waals surface area contributed by atoms with E-state index in [1.165, 1.54) is 26.9 Å². The smallest absolute Gasteiger partial charge is 0.161 e. The molecule has 4 heterocycles. The van der Waals surface area contributed by atoms with E-state index in [4.69, 9.17) is 14.4 Å². The third-order valence-corrected chi connectivity index (χ3v) is 12.4. The van der Waals surface area contributed by atoms with Crippen LogP contribution in [0.3, 0.4) is 0 Å². The van der Waals surface area contributed by atoms with Crippen molar-refractivity contribution >= 4 is 88.0 Å². The number of furan rings is 1. The number of rotatable bonds is 5. The number of nitrogens with one attached hydrogen (secondary N) is 1. The Labute approximate surface area is 349 Å². The van der Waals surface area contributed by atoms with E-state index in [9.17, 15) is 0 Å². The molecular formula is C55H35N5O. The number of fused-ring (bicyclic) bond motifs is 10. The van der Waals surface area contributed by atoms with Crippen LogP contribution in [0.2, 0.25) is 0 Å². The van der Waals surface area contributed by atoms with E-state index in [0.29, 0.717) is 11.7 Å². The molecule has 9 aromatic carbocycles. The van der Waals surface area contributed by atoms with Crippen molar-refractivity contribution in [1.82, 2.24) is 14.5 Å². The molecule has 6 nitrogen and oxygen atoms in total. The molecule has 1 aliphatic heterocycles. The van der Waals surface area contributed by atoms with Gasteiger partial charge in [-0.3, -0.25) is 0 Å². The van der Waals surface area contributed by atoms with Gasteiger partial charge in [-0.05, 0) is 77.0 Å². The molecular weight excluding hydrogens is 747 g/mol. The number of hydrogen-bond acceptors (Lipinski definition) is 4. The van der Waals surface area contributed by atoms with Gasteiger partial charge < -0.3 is 18.9 Å². The minimum atomic E-state index is -0.442. The van der Waals surface area contributed by atoms with Crippen LogP contribution in [-0.4, -0.2) is 20.8 Å². The van der Waals surface area contributed by atoms with Gasteiger partial charge in [-0.15, -0.1) is 0 Å². The normalized spacial score (nSPS) is 14.4. The molecule has 13 rings (SSSR count). The number of benzene rings is 9. The molecule has 6 heteroatoms. The summed E-state index contributed by atoms with van der Waals surface area (Å²) in [6.45, 7) is 0. The minimum Gasteiger partial charge on any atom is -0.455 e. The van der Waals surface area contributed by atoms with Crippen LogP contribution in [0.4, 0.5) is 0 Å². The zero-order valence-electron chi connectivity index (χ0n) is 32.8. The molecule has 0 bridgehead atoms. The molecule has 0 saturated carbocycles. The molecule has 1 atom stereocenters. The predicted molar refractivity (Wildman–Crippen MR) is 252 cm³/mol. The summed E-state index contributed by atoms with van der Waals surface area (Å²) in [6.07, 6.45) is -0.442. The predicted octanol–water partition coefficient (Wildman–Crippen LogP) is 13.4. The summed E-state index contributed by atoms with van der Waals surface area (Å²) in [5.74, 6) is 1.32. The Balaban J connectivity index is 1.14. The number of aliphatic imine (C=N–C) groups is 2. The summed E-state index contributed by atoms with van der Waals surface area (Å²) in [4.78, 5) is 11.1. The number of nitrogens with zero attached hydrogens (tertiary/aromatic N) is 4. The Bertz CT molecular complexity index is 3800. The lowest BCUT2D eigenvalue weighted by Crippen LogP contribution is -2.34. The van der Waals surface area contributed by atoms with Gasteiger partial charge in [-0.25, -0.2) is 9.98 Å². The lowest BCUT2D eigenvalue weighted by atomic mass is 10.0. The van der Waals surface area contributed by atoms with Gasteiger partial charge >= 0.3 is 0 Å². The van der Waals surface area contributed by atoms with Gasteiger partial charge in [0.25, 0.3) is 0 Å². The van der Waals surface area contributed by atoms with Gasteiger partial charge in [0.2, 0.25) is 0 Å². The third-order valence-electron chi connectivity index (χ3n) is 12.4. The molecule has 1 aliphatic rings. The summed E-state index contributed by atoms with van der Waals surface area (Å²) >= 11 is 0. The SMILES string of the molecule is c1ccc(C2N=C(c3cccc4c5ccccc5n(-c5ccccc5)c34)N=C(c3c(-n4c5ccccc5c5cc6ccccc6cc54)ccc4c3oc3ccccc34)N2)cc1. The summed E-state index contributed by atoms with van der Waals surface area (Å²) in [5, 5.41) is 13.0. The van der Waals surface area contributed by atoms with Crippen molar-refractivity contribution in [3.05, 3.63) is 217 Å². The van der Waals surface area contributed by atoms with E-state index in [1.54, 1.807) is 0 Å². The second kappa shape index (κ2) is 13.1. The molecule has 0 fully saturated rings. The van der Waals surface area contributed by atoms with Gasteiger partial charge in [-0.2, -0.15) is 0 Å². The van der Waals surface area contributed by atoms with Gasteiger partial charge in [0.1, 0.15) is 23.2 Å². The van der Waals surface area contributed by atoms with E-state index in [-0.39, 0.29) is 0 Å². The highest BCUT2D eigenvalue weighted by Gasteiger charge is 2.29. The van der Waals surface area contributed by atoms with E-state index >= 15 is 0 Å². The van der Waals surface area contributed by atoms with Crippen molar-refractivity contribution in [1.29, 1.82) is 0 Å². The van der Waals surface area contributed by atoms with Crippen LogP contribution < -0.4 is 5.32 Å². The number of amidine groups is 2. The molecule has 61 heavy (non-hydrogen) atoms. The Hall–Kier alpha value is -8.22. The highest BCUT2D eigenvalue weighted by molar-refractivity contribution is 6.25. The standard InChI is InChI=1S/C55H35N5O/c1-3-16-34(17-4-1)53-56-54(43-26-15-25-41-38-22-9-12-27-45(38)59(51(41)43)37-20-5-2-6-21-37)58-55(57-53)50-47(31-30-42-40-24-11-14-29-49(40)61-52(42)50)60-46-28-13-10-23-39(46)44-32-35-18-7-8-19-36(35)33-48(44)60/h1-33,53H,(H,56,57,58). The molecule has 0 amide bonds. The van der Waals surface area contributed by atoms with Gasteiger partial charge in [0, 0.05) is 43.6 Å². The average Bonchev–Trinajstić information content (AvgIpc) is 3.98. The first kappa shape index (κ1) is 33.7. The number of para-hydroxylation sites is 5. The van der Waals surface area contributed by atoms with Gasteiger partial charge in [0.05, 0.1) is 33.3 Å². The fourth-order valence-electron chi connectivity index (χ4n) is 9.65. The van der Waals surface area contributed by atoms with Crippen LogP contribution in [0.5, 0.6) is 0 Å². The van der Waals surface area contributed by atoms with Crippen molar-refractivity contribution in [2.75, 3.05) is 0 Å². The third kappa shape index (κ3) is 5.09. The van der Waals surface area contributed by atoms with Crippen LogP contribution in [-0.2, 0) is 0 Å². The molecule has 1 unspecified atom stereocenters. The summed E-state index contributed by atoms with van der Waals surface area (Å²) < 4.78 is 11.7. The largest absolute Gasteiger partial charge is 0.455 e. The van der Waals surface area contributed by atoms with Crippen LogP contribution in [0.25, 0.3) is 87.7 Å². The Morgan fingerprint density at radius 2 is 1.11 bits per heavy atom. The lowest BCUT2D eigenvalue weighted by Gasteiger charge is -2.25. The topological polar surface area (TPSA) is 59.8 Å². The molecule has 0 aliphatic carbocycles. The Kier molecular flexibility index (Phi) is 7.27. The van der Waals surface area contributed by atoms with E-state index < -0.39 is 6.17 Å². The minimum absolute atomic E-state index is 0.442. The fraction of sp³-hybridized carbons (Fsp3) is 0.0182. The number of aromatic nitrogens is 2. The maximum Gasteiger partial charge on any atom is 0.161 e. The monoisotopic (exact) mass is 781 g/mol. The summed E-state index contributed by atoms with van der Waals surface area (Å²) in [7, 11) is 0. The molecule has 286 valence electrons. The second-order valence-corrected chi connectivity index (χ2v) is 15.8. The molecule has 0 radical (unpaired) electrons. The number of hydrogen-bond donors (Lipinski definition) is 1. The van der Waals surface area contributed by atoms with Crippen molar-refractivity contribution in [2.24, 2.45) is 9.98 Å². The van der Waals surface area contributed by atoms with Gasteiger partial charge in [-0.1, -0.05) is 140 Å². The summed E-state index contributed by atoms with van der Waals surface area (Å²) in [5.41, 5.74) is 10.9. The van der Waals surface area contributed by atoms with E-state index in [2.05, 4.69) is 196 Å². The van der Waals surface area contributed by atoms with Crippen molar-refractivity contribution in [3.63, 3.8) is 0 Å². The molecule has 0 saturated heterocycles. The molecule has 12 aromatic rings. The highest BCUT2D eigenvalue weighted by atomic mass is 16.3. The van der Waals surface area contributed by atoms with Crippen LogP contribution in [0.1, 0.15) is 22.9 Å². The lowest BCUT2D eigenvalue weighted by molar-refractivity contribution is 0.659. The van der Waals surface area contributed by atoms with Crippen LogP contribution in [0.15, 0.2) is 215 Å². The zero-order valence-corrected chi connectivity index (χ0v) is 32.8. The first-order chi connectivity index (χ1) is 30.3. The Morgan fingerprint density at radius 3 is 1.92 bits per heavy atom. The maximum absolute atomic E-state index is 6.96. The first-order valence-corrected chi connectivity index (χ1v) is 20.7. The second-order valence-electron chi connectivity index (χ2n) is 15.8. The molecule has 1 N–H and O–H groups in total. The highest BCUT2D eigenvalue weighted by Crippen LogP contribution is 2.41. The quantitative estimate of drug-likeness (QED) is 0.189. The van der Waals surface area contributed by atoms with E-state index in [1.807, 2.05) is 18.2 Å². The van der Waals surface area contributed by atoms with Crippen LogP contribution >= 0.6 is 0 Å². The van der Waals surface area contributed by atoms with Gasteiger partial charge in [0.15, 0.2) is 5.84 Å². The van der Waals surface area contributed by atoms with Crippen LogP contribution in [0, 0.1) is 0 Å². The zero-order chi connectivity index (χ0) is 40.0. The first-order valence-electron chi connectivity index (χ1n) is 20.7. The van der Waals surface area contributed by atoms with Crippen molar-refractivity contribution < 1.29 is 4.42 Å². The van der Waals surface area contributed by atoms with E-state index in [0.717, 1.165) is 77.5 Å². The Morgan fingerprint density at radius 1 is 0.475 bits per heavy atom. The van der Waals surface area contributed by atoms with Crippen molar-refractivity contribution in [3.8, 4) is 11.4 Å². The summed E-state index contributed by atoms with van der Waals surface area (Å²) in [6, 6.07) is 70.8.